The van der Waals surface area contributed by atoms with E-state index in [9.17, 15) is 0 Å². The van der Waals surface area contributed by atoms with Crippen molar-refractivity contribution >= 4 is 22.6 Å². The first-order chi connectivity index (χ1) is 8.27. The standard InChI is InChI=1S/C14H23IN2/c1-2-3-4-5-6-10-14(17-16)12-8-7-9-13(15)11-12/h7-9,11,14,17H,2-6,10,16H2,1H3. The smallest absolute Gasteiger partial charge is 0.0460 e. The minimum absolute atomic E-state index is 0.298. The maximum atomic E-state index is 5.64. The second-order valence-electron chi connectivity index (χ2n) is 4.48. The molecular weight excluding hydrogens is 323 g/mol. The largest absolute Gasteiger partial charge is 0.271 e. The van der Waals surface area contributed by atoms with E-state index < -0.39 is 0 Å². The fraction of sp³-hybridized carbons (Fsp3) is 0.571. The maximum Gasteiger partial charge on any atom is 0.0460 e. The molecule has 1 aromatic carbocycles. The zero-order chi connectivity index (χ0) is 12.5. The van der Waals surface area contributed by atoms with E-state index in [2.05, 4.69) is 59.2 Å². The number of halogens is 1. The predicted molar refractivity (Wildman–Crippen MR) is 82.6 cm³/mol. The molecule has 3 heteroatoms. The van der Waals surface area contributed by atoms with Gasteiger partial charge < -0.3 is 0 Å². The summed E-state index contributed by atoms with van der Waals surface area (Å²) in [6.07, 6.45) is 7.69. The highest BCUT2D eigenvalue weighted by Crippen LogP contribution is 2.21. The molecule has 2 nitrogen and oxygen atoms in total. The molecule has 1 unspecified atom stereocenters. The summed E-state index contributed by atoms with van der Waals surface area (Å²) in [4.78, 5) is 0. The zero-order valence-corrected chi connectivity index (χ0v) is 12.7. The number of benzene rings is 1. The highest BCUT2D eigenvalue weighted by atomic mass is 127. The summed E-state index contributed by atoms with van der Waals surface area (Å²) >= 11 is 2.34. The molecule has 0 saturated heterocycles. The molecule has 0 spiro atoms. The van der Waals surface area contributed by atoms with Gasteiger partial charge in [-0.3, -0.25) is 11.3 Å². The van der Waals surface area contributed by atoms with Crippen LogP contribution < -0.4 is 11.3 Å². The van der Waals surface area contributed by atoms with Gasteiger partial charge in [-0.1, -0.05) is 51.2 Å². The van der Waals surface area contributed by atoms with Gasteiger partial charge >= 0.3 is 0 Å². The van der Waals surface area contributed by atoms with Crippen LogP contribution in [0.25, 0.3) is 0 Å². The average Bonchev–Trinajstić information content (AvgIpc) is 2.34. The van der Waals surface area contributed by atoms with Crippen molar-refractivity contribution in [2.24, 2.45) is 5.84 Å². The van der Waals surface area contributed by atoms with Crippen LogP contribution in [-0.2, 0) is 0 Å². The molecule has 1 rings (SSSR count). The first-order valence-electron chi connectivity index (χ1n) is 6.49. The Morgan fingerprint density at radius 2 is 2.00 bits per heavy atom. The van der Waals surface area contributed by atoms with E-state index in [4.69, 9.17) is 5.84 Å². The average molecular weight is 346 g/mol. The molecule has 0 aliphatic carbocycles. The molecule has 0 amide bonds. The number of rotatable bonds is 8. The van der Waals surface area contributed by atoms with Gasteiger partial charge in [0, 0.05) is 9.61 Å². The van der Waals surface area contributed by atoms with Gasteiger partial charge in [0.15, 0.2) is 0 Å². The molecule has 0 heterocycles. The lowest BCUT2D eigenvalue weighted by atomic mass is 10.0. The quantitative estimate of drug-likeness (QED) is 0.321. The van der Waals surface area contributed by atoms with Crippen LogP contribution in [0.2, 0.25) is 0 Å². The van der Waals surface area contributed by atoms with Crippen LogP contribution in [0.15, 0.2) is 24.3 Å². The SMILES string of the molecule is CCCCCCCC(NN)c1cccc(I)c1. The van der Waals surface area contributed by atoms with E-state index in [1.165, 1.54) is 41.2 Å². The zero-order valence-electron chi connectivity index (χ0n) is 10.6. The van der Waals surface area contributed by atoms with Crippen LogP contribution in [0.1, 0.15) is 57.1 Å². The fourth-order valence-corrected chi connectivity index (χ4v) is 2.59. The molecular formula is C14H23IN2. The van der Waals surface area contributed by atoms with Gasteiger partial charge in [-0.05, 0) is 46.7 Å². The van der Waals surface area contributed by atoms with Gasteiger partial charge in [-0.2, -0.15) is 0 Å². The molecule has 0 aliphatic heterocycles. The van der Waals surface area contributed by atoms with Crippen LogP contribution in [0.4, 0.5) is 0 Å². The predicted octanol–water partition coefficient (Wildman–Crippen LogP) is 4.16. The Balaban J connectivity index is 2.38. The van der Waals surface area contributed by atoms with Crippen molar-refractivity contribution in [3.8, 4) is 0 Å². The monoisotopic (exact) mass is 346 g/mol. The third kappa shape index (κ3) is 5.84. The van der Waals surface area contributed by atoms with Gasteiger partial charge in [0.25, 0.3) is 0 Å². The van der Waals surface area contributed by atoms with E-state index >= 15 is 0 Å². The number of nitrogens with one attached hydrogen (secondary N) is 1. The summed E-state index contributed by atoms with van der Waals surface area (Å²) in [6, 6.07) is 8.86. The number of nitrogens with two attached hydrogens (primary N) is 1. The minimum atomic E-state index is 0.298. The first kappa shape index (κ1) is 14.9. The molecule has 1 aromatic rings. The van der Waals surface area contributed by atoms with Crippen LogP contribution in [-0.4, -0.2) is 0 Å². The number of hydrazine groups is 1. The molecule has 0 radical (unpaired) electrons. The molecule has 0 fully saturated rings. The number of hydrogen-bond acceptors (Lipinski definition) is 2. The van der Waals surface area contributed by atoms with Crippen molar-refractivity contribution < 1.29 is 0 Å². The van der Waals surface area contributed by atoms with Crippen LogP contribution in [0, 0.1) is 3.57 Å². The highest BCUT2D eigenvalue weighted by molar-refractivity contribution is 14.1. The van der Waals surface area contributed by atoms with E-state index in [0.29, 0.717) is 6.04 Å². The van der Waals surface area contributed by atoms with Crippen molar-refractivity contribution in [3.63, 3.8) is 0 Å². The van der Waals surface area contributed by atoms with Crippen LogP contribution >= 0.6 is 22.6 Å². The fourth-order valence-electron chi connectivity index (χ4n) is 2.02. The van der Waals surface area contributed by atoms with Gasteiger partial charge in [0.1, 0.15) is 0 Å². The van der Waals surface area contributed by atoms with E-state index in [0.717, 1.165) is 6.42 Å². The summed E-state index contributed by atoms with van der Waals surface area (Å²) in [6.45, 7) is 2.25. The van der Waals surface area contributed by atoms with E-state index in [1.54, 1.807) is 0 Å². The molecule has 3 N–H and O–H groups in total. The van der Waals surface area contributed by atoms with Gasteiger partial charge in [-0.15, -0.1) is 0 Å². The van der Waals surface area contributed by atoms with Gasteiger partial charge in [-0.25, -0.2) is 0 Å². The molecule has 0 bridgehead atoms. The lowest BCUT2D eigenvalue weighted by Crippen LogP contribution is -2.28. The van der Waals surface area contributed by atoms with Gasteiger partial charge in [0.05, 0.1) is 0 Å². The van der Waals surface area contributed by atoms with Crippen molar-refractivity contribution in [3.05, 3.63) is 33.4 Å². The Hall–Kier alpha value is -0.130. The highest BCUT2D eigenvalue weighted by Gasteiger charge is 2.08. The molecule has 0 saturated carbocycles. The Bertz CT molecular complexity index is 315. The molecule has 17 heavy (non-hydrogen) atoms. The Morgan fingerprint density at radius 1 is 1.24 bits per heavy atom. The van der Waals surface area contributed by atoms with Crippen molar-refractivity contribution in [1.82, 2.24) is 5.43 Å². The van der Waals surface area contributed by atoms with Crippen LogP contribution in [0.5, 0.6) is 0 Å². The maximum absolute atomic E-state index is 5.64. The lowest BCUT2D eigenvalue weighted by molar-refractivity contribution is 0.479. The minimum Gasteiger partial charge on any atom is -0.271 e. The summed E-state index contributed by atoms with van der Waals surface area (Å²) in [5.74, 6) is 5.64. The lowest BCUT2D eigenvalue weighted by Gasteiger charge is -2.16. The van der Waals surface area contributed by atoms with E-state index in [1.807, 2.05) is 0 Å². The summed E-state index contributed by atoms with van der Waals surface area (Å²) in [7, 11) is 0. The Labute approximate surface area is 118 Å². The summed E-state index contributed by atoms with van der Waals surface area (Å²) in [5, 5.41) is 0. The molecule has 1 atom stereocenters. The normalized spacial score (nSPS) is 12.6. The van der Waals surface area contributed by atoms with Crippen molar-refractivity contribution in [1.29, 1.82) is 0 Å². The Kier molecular flexibility index (Phi) is 7.81. The number of unbranched alkanes of at least 4 members (excludes halogenated alkanes) is 4. The summed E-state index contributed by atoms with van der Waals surface area (Å²) in [5.41, 5.74) is 4.23. The van der Waals surface area contributed by atoms with Crippen LogP contribution in [0.3, 0.4) is 0 Å². The van der Waals surface area contributed by atoms with E-state index in [-0.39, 0.29) is 0 Å². The first-order valence-corrected chi connectivity index (χ1v) is 7.57. The second-order valence-corrected chi connectivity index (χ2v) is 5.72. The third-order valence-electron chi connectivity index (χ3n) is 3.05. The third-order valence-corrected chi connectivity index (χ3v) is 3.72. The number of hydrogen-bond donors (Lipinski definition) is 2. The van der Waals surface area contributed by atoms with Crippen molar-refractivity contribution in [2.75, 3.05) is 0 Å². The molecule has 96 valence electrons. The van der Waals surface area contributed by atoms with Gasteiger partial charge in [0.2, 0.25) is 0 Å². The molecule has 0 aromatic heterocycles. The molecule has 0 aliphatic rings. The van der Waals surface area contributed by atoms with Crippen molar-refractivity contribution in [2.45, 2.75) is 51.5 Å². The summed E-state index contributed by atoms with van der Waals surface area (Å²) < 4.78 is 1.27. The Morgan fingerprint density at radius 3 is 2.65 bits per heavy atom. The topological polar surface area (TPSA) is 38.0 Å². The second kappa shape index (κ2) is 8.89.